The average Bonchev–Trinajstić information content (AvgIpc) is 2.59. The van der Waals surface area contributed by atoms with Gasteiger partial charge in [-0.15, -0.1) is 0 Å². The van der Waals surface area contributed by atoms with Gasteiger partial charge in [-0.25, -0.2) is 8.42 Å². The number of carboxylic acids is 1. The third-order valence-electron chi connectivity index (χ3n) is 3.57. The first-order chi connectivity index (χ1) is 12.7. The summed E-state index contributed by atoms with van der Waals surface area (Å²) < 4.78 is 27.2. The van der Waals surface area contributed by atoms with E-state index in [1.807, 2.05) is 0 Å². The lowest BCUT2D eigenvalue weighted by molar-refractivity contribution is -0.387. The first-order valence-corrected chi connectivity index (χ1v) is 9.78. The number of sulfonamides is 1. The number of aliphatic carboxylic acids is 1. The first kappa shape index (κ1) is 20.9. The first-order valence-electron chi connectivity index (χ1n) is 7.58. The van der Waals surface area contributed by atoms with E-state index in [1.54, 1.807) is 0 Å². The zero-order valence-corrected chi connectivity index (χ0v) is 16.0. The quantitative estimate of drug-likeness (QED) is 0.497. The summed E-state index contributed by atoms with van der Waals surface area (Å²) in [5.41, 5.74) is -0.673. The van der Waals surface area contributed by atoms with E-state index in [9.17, 15) is 23.3 Å². The number of hydrogen-bond donors (Lipinski definition) is 1. The van der Waals surface area contributed by atoms with Gasteiger partial charge < -0.3 is 5.11 Å². The summed E-state index contributed by atoms with van der Waals surface area (Å²) in [5.74, 6) is -1.11. The van der Waals surface area contributed by atoms with Crippen LogP contribution >= 0.6 is 23.2 Å². The van der Waals surface area contributed by atoms with Gasteiger partial charge in [-0.05, 0) is 24.6 Å². The predicted octanol–water partition coefficient (Wildman–Crippen LogP) is 3.96. The number of carbonyl (C=O) groups is 1. The number of carboxylic acid groups (broad SMARTS) is 1. The van der Waals surface area contributed by atoms with Crippen molar-refractivity contribution in [1.29, 1.82) is 0 Å². The van der Waals surface area contributed by atoms with Crippen molar-refractivity contribution in [3.8, 4) is 0 Å². The van der Waals surface area contributed by atoms with Crippen LogP contribution in [0.25, 0.3) is 0 Å². The number of halogens is 2. The van der Waals surface area contributed by atoms with Gasteiger partial charge in [0, 0.05) is 19.0 Å². The smallest absolute Gasteiger partial charge is 0.303 e. The van der Waals surface area contributed by atoms with E-state index in [-0.39, 0.29) is 35.1 Å². The normalized spacial score (nSPS) is 11.2. The lowest BCUT2D eigenvalue weighted by Gasteiger charge is -2.26. The molecule has 0 atom stereocenters. The number of rotatable bonds is 8. The number of para-hydroxylation sites is 2. The Bertz CT molecular complexity index is 960. The molecule has 1 N–H and O–H groups in total. The van der Waals surface area contributed by atoms with E-state index in [4.69, 9.17) is 28.3 Å². The predicted molar refractivity (Wildman–Crippen MR) is 101 cm³/mol. The number of nitro groups is 1. The molecular formula is C16H14Cl2N2O6S. The molecule has 0 fully saturated rings. The maximum atomic E-state index is 13.2. The summed E-state index contributed by atoms with van der Waals surface area (Å²) in [5, 5.41) is 20.1. The molecule has 2 rings (SSSR count). The molecule has 144 valence electrons. The molecule has 0 saturated carbocycles. The number of benzene rings is 2. The van der Waals surface area contributed by atoms with Crippen LogP contribution in [0.3, 0.4) is 0 Å². The lowest BCUT2D eigenvalue weighted by atomic mass is 10.3. The van der Waals surface area contributed by atoms with Crippen molar-refractivity contribution < 1.29 is 23.2 Å². The van der Waals surface area contributed by atoms with Crippen molar-refractivity contribution in [2.45, 2.75) is 17.7 Å². The van der Waals surface area contributed by atoms with Crippen LogP contribution in [-0.4, -0.2) is 31.0 Å². The maximum Gasteiger partial charge on any atom is 0.303 e. The Balaban J connectivity index is 2.62. The summed E-state index contributed by atoms with van der Waals surface area (Å²) in [6.07, 6.45) is -0.346. The van der Waals surface area contributed by atoms with Gasteiger partial charge in [0.05, 0.1) is 20.7 Å². The number of hydrogen-bond acceptors (Lipinski definition) is 5. The molecule has 8 nitrogen and oxygen atoms in total. The van der Waals surface area contributed by atoms with E-state index in [1.165, 1.54) is 30.3 Å². The fourth-order valence-electron chi connectivity index (χ4n) is 2.40. The van der Waals surface area contributed by atoms with Gasteiger partial charge in [0.25, 0.3) is 15.7 Å². The second-order valence-electron chi connectivity index (χ2n) is 5.37. The van der Waals surface area contributed by atoms with Crippen LogP contribution in [-0.2, 0) is 14.8 Å². The number of nitro benzene ring substituents is 1. The molecule has 0 aliphatic heterocycles. The van der Waals surface area contributed by atoms with Gasteiger partial charge in [-0.2, -0.15) is 0 Å². The van der Waals surface area contributed by atoms with E-state index in [0.717, 1.165) is 16.4 Å². The van der Waals surface area contributed by atoms with Crippen LogP contribution < -0.4 is 4.31 Å². The molecule has 27 heavy (non-hydrogen) atoms. The van der Waals surface area contributed by atoms with Gasteiger partial charge in [0.2, 0.25) is 0 Å². The molecule has 2 aromatic rings. The minimum Gasteiger partial charge on any atom is -0.481 e. The van der Waals surface area contributed by atoms with Crippen molar-refractivity contribution in [2.24, 2.45) is 0 Å². The topological polar surface area (TPSA) is 118 Å². The van der Waals surface area contributed by atoms with Gasteiger partial charge in [0.15, 0.2) is 4.90 Å². The molecule has 0 aliphatic carbocycles. The highest BCUT2D eigenvalue weighted by Gasteiger charge is 2.33. The fraction of sp³-hybridized carbons (Fsp3) is 0.188. The summed E-state index contributed by atoms with van der Waals surface area (Å²) in [6.45, 7) is -0.274. The average molecular weight is 433 g/mol. The molecule has 0 aromatic heterocycles. The van der Waals surface area contributed by atoms with E-state index in [2.05, 4.69) is 0 Å². The van der Waals surface area contributed by atoms with Crippen molar-refractivity contribution in [3.63, 3.8) is 0 Å². The summed E-state index contributed by atoms with van der Waals surface area (Å²) in [6, 6.07) is 9.21. The van der Waals surface area contributed by atoms with Crippen LogP contribution in [0.1, 0.15) is 12.8 Å². The van der Waals surface area contributed by atoms with Crippen LogP contribution in [0.15, 0.2) is 47.4 Å². The van der Waals surface area contributed by atoms with Crippen molar-refractivity contribution in [1.82, 2.24) is 0 Å². The number of nitrogens with zero attached hydrogens (tertiary/aromatic N) is 2. The van der Waals surface area contributed by atoms with Crippen LogP contribution in [0, 0.1) is 10.1 Å². The Morgan fingerprint density at radius 1 is 1.11 bits per heavy atom. The largest absolute Gasteiger partial charge is 0.481 e. The van der Waals surface area contributed by atoms with Gasteiger partial charge in [0.1, 0.15) is 0 Å². The van der Waals surface area contributed by atoms with E-state index in [0.29, 0.717) is 0 Å². The summed E-state index contributed by atoms with van der Waals surface area (Å²) in [4.78, 5) is 20.7. The molecule has 0 saturated heterocycles. The maximum absolute atomic E-state index is 13.2. The van der Waals surface area contributed by atoms with E-state index >= 15 is 0 Å². The Labute approximate surface area is 165 Å². The van der Waals surface area contributed by atoms with E-state index < -0.39 is 31.5 Å². The molecule has 11 heteroatoms. The van der Waals surface area contributed by atoms with Crippen LogP contribution in [0.2, 0.25) is 10.0 Å². The molecule has 0 aliphatic rings. The van der Waals surface area contributed by atoms with Crippen molar-refractivity contribution in [2.75, 3.05) is 10.8 Å². The summed E-state index contributed by atoms with van der Waals surface area (Å²) in [7, 11) is -4.44. The second-order valence-corrected chi connectivity index (χ2v) is 8.01. The summed E-state index contributed by atoms with van der Waals surface area (Å²) >= 11 is 12.2. The number of anilines is 1. The van der Waals surface area contributed by atoms with Crippen LogP contribution in [0.5, 0.6) is 0 Å². The molecule has 2 aromatic carbocycles. The molecule has 0 bridgehead atoms. The van der Waals surface area contributed by atoms with Crippen molar-refractivity contribution >= 4 is 50.6 Å². The van der Waals surface area contributed by atoms with Crippen molar-refractivity contribution in [3.05, 3.63) is 62.6 Å². The molecule has 0 radical (unpaired) electrons. The van der Waals surface area contributed by atoms with Gasteiger partial charge in [-0.1, -0.05) is 41.4 Å². The van der Waals surface area contributed by atoms with Crippen LogP contribution in [0.4, 0.5) is 11.4 Å². The molecule has 0 amide bonds. The van der Waals surface area contributed by atoms with Gasteiger partial charge >= 0.3 is 5.97 Å². The molecule has 0 heterocycles. The second kappa shape index (κ2) is 8.55. The third kappa shape index (κ3) is 4.68. The Morgan fingerprint density at radius 2 is 1.70 bits per heavy atom. The zero-order valence-electron chi connectivity index (χ0n) is 13.7. The Morgan fingerprint density at radius 3 is 2.26 bits per heavy atom. The SMILES string of the molecule is O=C(O)CCCN(c1c(Cl)cccc1Cl)S(=O)(=O)c1ccccc1[N+](=O)[O-]. The Hall–Kier alpha value is -2.36. The third-order valence-corrected chi connectivity index (χ3v) is 6.03. The lowest BCUT2D eigenvalue weighted by Crippen LogP contribution is -2.33. The molecular weight excluding hydrogens is 419 g/mol. The highest BCUT2D eigenvalue weighted by molar-refractivity contribution is 7.93. The molecule has 0 unspecified atom stereocenters. The highest BCUT2D eigenvalue weighted by atomic mass is 35.5. The minimum atomic E-state index is -4.44. The monoisotopic (exact) mass is 432 g/mol. The zero-order chi connectivity index (χ0) is 20.2. The van der Waals surface area contributed by atoms with Gasteiger partial charge in [-0.3, -0.25) is 19.2 Å². The standard InChI is InChI=1S/C16H14Cl2N2O6S/c17-11-5-3-6-12(18)16(11)19(10-4-9-15(21)22)27(25,26)14-8-2-1-7-13(14)20(23)24/h1-3,5-8H,4,9-10H2,(H,21,22). The molecule has 0 spiro atoms. The highest BCUT2D eigenvalue weighted by Crippen LogP contribution is 2.38. The Kier molecular flexibility index (Phi) is 6.63. The minimum absolute atomic E-state index is 0.0139. The fourth-order valence-corrected chi connectivity index (χ4v) is 4.80.